The van der Waals surface area contributed by atoms with E-state index in [9.17, 15) is 24.9 Å². The maximum Gasteiger partial charge on any atom is 0.377 e. The van der Waals surface area contributed by atoms with Crippen LogP contribution in [0, 0.1) is 0 Å². The second-order valence-corrected chi connectivity index (χ2v) is 11.0. The average Bonchev–Trinajstić information content (AvgIpc) is 3.35. The van der Waals surface area contributed by atoms with Crippen LogP contribution in [0.2, 0.25) is 0 Å². The number of thiazole rings is 1. The molecule has 11 nitrogen and oxygen atoms in total. The second-order valence-electron chi connectivity index (χ2n) is 9.02. The molecule has 13 heteroatoms. The van der Waals surface area contributed by atoms with Crippen molar-refractivity contribution in [2.24, 2.45) is 0 Å². The third kappa shape index (κ3) is 6.09. The third-order valence-corrected chi connectivity index (χ3v) is 8.02. The molecule has 0 radical (unpaired) electrons. The maximum atomic E-state index is 12.9. The van der Waals surface area contributed by atoms with Crippen LogP contribution in [-0.4, -0.2) is 89.3 Å². The number of carbonyl (C=O) groups excluding carboxylic acids is 1. The third-order valence-electron chi connectivity index (χ3n) is 6.45. The minimum Gasteiger partial charge on any atom is -0.476 e. The van der Waals surface area contributed by atoms with Gasteiger partial charge in [-0.2, -0.15) is 0 Å². The number of carbonyl (C=O) groups is 2. The van der Waals surface area contributed by atoms with Crippen LogP contribution in [0.3, 0.4) is 0 Å². The number of amides is 1. The van der Waals surface area contributed by atoms with Gasteiger partial charge < -0.3 is 39.6 Å². The molecule has 39 heavy (non-hydrogen) atoms. The largest absolute Gasteiger partial charge is 0.476 e. The predicted octanol–water partition coefficient (Wildman–Crippen LogP) is 2.56. The lowest BCUT2D eigenvalue weighted by Crippen LogP contribution is -2.69. The molecular weight excluding hydrogens is 596 g/mol. The standard InChI is InChI=1S/C26H29BrN2O9S/c1-13(31)28-21-19(35-2)11-26(25(33)34,38-23(21)22(36-3)17(32)12-30)37-18-9-8-14(27)10-15(18)24-29-16-6-4-5-7-20(16)39-24/h4-10,17,19,21-23,30,32H,11-12H2,1-3H3,(H,28,31)(H,33,34)/t17-,19+,21-,22-,23-,26-/m1/s1. The number of para-hydroxylation sites is 1. The molecule has 4 rings (SSSR count). The molecule has 0 unspecified atom stereocenters. The molecule has 210 valence electrons. The van der Waals surface area contributed by atoms with E-state index in [1.165, 1.54) is 32.5 Å². The topological polar surface area (TPSA) is 157 Å². The lowest BCUT2D eigenvalue weighted by atomic mass is 9.88. The Hall–Kier alpha value is -2.65. The van der Waals surface area contributed by atoms with Crippen molar-refractivity contribution in [2.75, 3.05) is 20.8 Å². The van der Waals surface area contributed by atoms with Crippen LogP contribution in [0.4, 0.5) is 0 Å². The highest BCUT2D eigenvalue weighted by Gasteiger charge is 2.57. The summed E-state index contributed by atoms with van der Waals surface area (Å²) >= 11 is 4.88. The van der Waals surface area contributed by atoms with Crippen LogP contribution in [0.25, 0.3) is 20.8 Å². The fourth-order valence-electron chi connectivity index (χ4n) is 4.64. The minimum atomic E-state index is -2.31. The number of aliphatic hydroxyl groups is 2. The summed E-state index contributed by atoms with van der Waals surface area (Å²) in [5.41, 5.74) is 1.31. The summed E-state index contributed by atoms with van der Waals surface area (Å²) in [6.45, 7) is 0.591. The number of carboxylic acid groups (broad SMARTS) is 1. The zero-order valence-electron chi connectivity index (χ0n) is 21.4. The fourth-order valence-corrected chi connectivity index (χ4v) is 5.99. The number of nitrogens with one attached hydrogen (secondary N) is 1. The van der Waals surface area contributed by atoms with E-state index in [4.69, 9.17) is 18.9 Å². The van der Waals surface area contributed by atoms with E-state index in [1.54, 1.807) is 18.2 Å². The highest BCUT2D eigenvalue weighted by atomic mass is 79.9. The van der Waals surface area contributed by atoms with Gasteiger partial charge in [0, 0.05) is 25.6 Å². The van der Waals surface area contributed by atoms with Crippen molar-refractivity contribution in [1.82, 2.24) is 10.3 Å². The molecule has 3 aromatic rings. The molecule has 4 N–H and O–H groups in total. The molecule has 1 aliphatic heterocycles. The van der Waals surface area contributed by atoms with Gasteiger partial charge in [0.25, 0.3) is 0 Å². The minimum absolute atomic E-state index is 0.183. The molecular formula is C26H29BrN2O9S. The number of aromatic nitrogens is 1. The van der Waals surface area contributed by atoms with Crippen molar-refractivity contribution < 1.29 is 43.9 Å². The number of carboxylic acids is 1. The van der Waals surface area contributed by atoms with E-state index >= 15 is 0 Å². The molecule has 2 aromatic carbocycles. The van der Waals surface area contributed by atoms with E-state index < -0.39 is 54.7 Å². The fraction of sp³-hybridized carbons (Fsp3) is 0.423. The number of aliphatic carboxylic acids is 1. The molecule has 0 saturated carbocycles. The monoisotopic (exact) mass is 624 g/mol. The van der Waals surface area contributed by atoms with Crippen LogP contribution in [0.5, 0.6) is 5.75 Å². The van der Waals surface area contributed by atoms with Crippen molar-refractivity contribution in [2.45, 2.75) is 49.6 Å². The first-order valence-corrected chi connectivity index (χ1v) is 13.6. The maximum absolute atomic E-state index is 12.9. The van der Waals surface area contributed by atoms with E-state index in [-0.39, 0.29) is 12.2 Å². The van der Waals surface area contributed by atoms with E-state index in [2.05, 4.69) is 26.2 Å². The number of aliphatic hydroxyl groups excluding tert-OH is 2. The summed E-state index contributed by atoms with van der Waals surface area (Å²) in [6.07, 6.45) is -5.21. The molecule has 0 spiro atoms. The van der Waals surface area contributed by atoms with Crippen LogP contribution >= 0.6 is 27.3 Å². The lowest BCUT2D eigenvalue weighted by molar-refractivity contribution is -0.288. The lowest BCUT2D eigenvalue weighted by Gasteiger charge is -2.48. The van der Waals surface area contributed by atoms with Crippen LogP contribution < -0.4 is 10.1 Å². The zero-order chi connectivity index (χ0) is 28.3. The average molecular weight is 625 g/mol. The number of rotatable bonds is 10. The van der Waals surface area contributed by atoms with Gasteiger partial charge in [0.2, 0.25) is 5.91 Å². The van der Waals surface area contributed by atoms with E-state index in [0.717, 1.165) is 14.7 Å². The summed E-state index contributed by atoms with van der Waals surface area (Å²) in [5, 5.41) is 33.8. The second kappa shape index (κ2) is 12.3. The molecule has 1 aliphatic rings. The van der Waals surface area contributed by atoms with Gasteiger partial charge in [-0.1, -0.05) is 28.1 Å². The number of hydrogen-bond donors (Lipinski definition) is 4. The van der Waals surface area contributed by atoms with Gasteiger partial charge in [-0.05, 0) is 30.3 Å². The Balaban J connectivity index is 1.80. The van der Waals surface area contributed by atoms with Crippen molar-refractivity contribution in [3.05, 3.63) is 46.9 Å². The first kappa shape index (κ1) is 29.3. The van der Waals surface area contributed by atoms with Crippen molar-refractivity contribution in [3.63, 3.8) is 0 Å². The molecule has 1 saturated heterocycles. The molecule has 0 aliphatic carbocycles. The Morgan fingerprint density at radius 3 is 2.64 bits per heavy atom. The quantitative estimate of drug-likeness (QED) is 0.264. The number of methoxy groups -OCH3 is 2. The van der Waals surface area contributed by atoms with Crippen molar-refractivity contribution in [3.8, 4) is 16.3 Å². The van der Waals surface area contributed by atoms with Crippen LogP contribution in [-0.2, 0) is 23.8 Å². The van der Waals surface area contributed by atoms with Crippen LogP contribution in [0.1, 0.15) is 13.3 Å². The summed E-state index contributed by atoms with van der Waals surface area (Å²) < 4.78 is 25.0. The van der Waals surface area contributed by atoms with Crippen LogP contribution in [0.15, 0.2) is 46.9 Å². The van der Waals surface area contributed by atoms with Gasteiger partial charge >= 0.3 is 11.8 Å². The highest BCUT2D eigenvalue weighted by molar-refractivity contribution is 9.10. The number of benzene rings is 2. The normalized spacial score (nSPS) is 24.7. The SMILES string of the molecule is CO[C@@H]([C@@H]1O[C@@](Oc2ccc(Br)cc2-c2nc3ccccc3s2)(C(=O)O)C[C@H](OC)[C@H]1NC(C)=O)[C@H](O)CO. The molecule has 1 fully saturated rings. The van der Waals surface area contributed by atoms with Gasteiger partial charge in [-0.15, -0.1) is 11.3 Å². The summed E-state index contributed by atoms with van der Waals surface area (Å²) in [5.74, 6) is -4.02. The van der Waals surface area contributed by atoms with Gasteiger partial charge in [0.1, 0.15) is 29.1 Å². The van der Waals surface area contributed by atoms with Crippen molar-refractivity contribution >= 4 is 49.4 Å². The zero-order valence-corrected chi connectivity index (χ0v) is 23.8. The first-order valence-electron chi connectivity index (χ1n) is 12.0. The van der Waals surface area contributed by atoms with Gasteiger partial charge in [0.05, 0.1) is 41.0 Å². The molecule has 1 aromatic heterocycles. The number of hydrogen-bond acceptors (Lipinski definition) is 10. The first-order chi connectivity index (χ1) is 18.6. The van der Waals surface area contributed by atoms with Gasteiger partial charge in [-0.25, -0.2) is 9.78 Å². The summed E-state index contributed by atoms with van der Waals surface area (Å²) in [6, 6.07) is 11.7. The van der Waals surface area contributed by atoms with Gasteiger partial charge in [0.15, 0.2) is 0 Å². The molecule has 2 heterocycles. The van der Waals surface area contributed by atoms with Crippen molar-refractivity contribution in [1.29, 1.82) is 0 Å². The number of halogens is 1. The molecule has 1 amide bonds. The Labute approximate surface area is 236 Å². The smallest absolute Gasteiger partial charge is 0.377 e. The predicted molar refractivity (Wildman–Crippen MR) is 146 cm³/mol. The highest BCUT2D eigenvalue weighted by Crippen LogP contribution is 2.42. The number of ether oxygens (including phenoxy) is 4. The Bertz CT molecular complexity index is 1300. The number of nitrogens with zero attached hydrogens (tertiary/aromatic N) is 1. The molecule has 6 atom stereocenters. The molecule has 0 bridgehead atoms. The Kier molecular flexibility index (Phi) is 9.21. The summed E-state index contributed by atoms with van der Waals surface area (Å²) in [7, 11) is 2.64. The van der Waals surface area contributed by atoms with E-state index in [0.29, 0.717) is 10.6 Å². The Morgan fingerprint density at radius 1 is 1.28 bits per heavy atom. The van der Waals surface area contributed by atoms with E-state index in [1.807, 2.05) is 24.3 Å². The summed E-state index contributed by atoms with van der Waals surface area (Å²) in [4.78, 5) is 29.6. The number of fused-ring (bicyclic) bond motifs is 1. The Morgan fingerprint density at radius 2 is 2.03 bits per heavy atom. The van der Waals surface area contributed by atoms with Gasteiger partial charge in [-0.3, -0.25) is 4.79 Å².